The third kappa shape index (κ3) is 6.12. The number of carbonyl (C=O) groups is 2. The molecule has 1 amide bonds. The lowest BCUT2D eigenvalue weighted by atomic mass is 10.2. The highest BCUT2D eigenvalue weighted by atomic mass is 35.5. The molecule has 0 bridgehead atoms. The molecule has 1 atom stereocenters. The van der Waals surface area contributed by atoms with Gasteiger partial charge in [0.2, 0.25) is 0 Å². The Morgan fingerprint density at radius 3 is 2.34 bits per heavy atom. The number of hydrogen-bond acceptors (Lipinski definition) is 5. The highest BCUT2D eigenvalue weighted by Crippen LogP contribution is 2.37. The van der Waals surface area contributed by atoms with Gasteiger partial charge in [0.1, 0.15) is 0 Å². The zero-order chi connectivity index (χ0) is 21.6. The zero-order valence-corrected chi connectivity index (χ0v) is 18.0. The summed E-state index contributed by atoms with van der Waals surface area (Å²) in [6.07, 6.45) is -1.07. The van der Waals surface area contributed by atoms with Crippen LogP contribution in [-0.4, -0.2) is 43.1 Å². The van der Waals surface area contributed by atoms with E-state index in [0.29, 0.717) is 18.0 Å². The second-order valence-electron chi connectivity index (χ2n) is 6.88. The molecule has 6 nitrogen and oxygen atoms in total. The van der Waals surface area contributed by atoms with Crippen LogP contribution in [0.15, 0.2) is 42.5 Å². The molecule has 0 heterocycles. The van der Waals surface area contributed by atoms with E-state index in [1.807, 2.05) is 44.2 Å². The smallest absolute Gasteiger partial charge is 0.339 e. The van der Waals surface area contributed by atoms with Crippen LogP contribution in [0.1, 0.15) is 36.7 Å². The van der Waals surface area contributed by atoms with Crippen molar-refractivity contribution >= 4 is 23.5 Å². The summed E-state index contributed by atoms with van der Waals surface area (Å²) in [7, 11) is 3.12. The summed E-state index contributed by atoms with van der Waals surface area (Å²) in [5.74, 6) is -0.305. The Balaban J connectivity index is 2.08. The van der Waals surface area contributed by atoms with Crippen molar-refractivity contribution in [3.05, 3.63) is 58.6 Å². The minimum Gasteiger partial charge on any atom is -0.493 e. The average molecular weight is 420 g/mol. The number of likely N-dealkylation sites (N-methyl/N-ethyl adjacent to an activating group) is 1. The molecule has 0 aromatic heterocycles. The average Bonchev–Trinajstić information content (AvgIpc) is 2.68. The highest BCUT2D eigenvalue weighted by molar-refractivity contribution is 6.32. The Morgan fingerprint density at radius 2 is 1.76 bits per heavy atom. The zero-order valence-electron chi connectivity index (χ0n) is 17.3. The molecule has 156 valence electrons. The number of rotatable bonds is 8. The van der Waals surface area contributed by atoms with Crippen molar-refractivity contribution in [2.24, 2.45) is 0 Å². The molecule has 0 fully saturated rings. The summed E-state index contributed by atoms with van der Waals surface area (Å²) in [5.41, 5.74) is 1.16. The molecule has 2 rings (SSSR count). The molecule has 29 heavy (non-hydrogen) atoms. The molecule has 2 aromatic rings. The van der Waals surface area contributed by atoms with E-state index in [2.05, 4.69) is 0 Å². The molecule has 0 aliphatic heterocycles. The Morgan fingerprint density at radius 1 is 1.10 bits per heavy atom. The molecule has 7 heteroatoms. The molecule has 0 saturated carbocycles. The minimum atomic E-state index is -0.951. The molecular formula is C22H26ClNO5. The van der Waals surface area contributed by atoms with Crippen LogP contribution >= 0.6 is 11.6 Å². The van der Waals surface area contributed by atoms with Gasteiger partial charge in [0.15, 0.2) is 17.6 Å². The number of methoxy groups -OCH3 is 1. The van der Waals surface area contributed by atoms with Crippen LogP contribution in [0.3, 0.4) is 0 Å². The summed E-state index contributed by atoms with van der Waals surface area (Å²) in [6.45, 7) is 5.67. The lowest BCUT2D eigenvalue weighted by molar-refractivity contribution is -0.139. The van der Waals surface area contributed by atoms with Gasteiger partial charge in [0.25, 0.3) is 5.91 Å². The van der Waals surface area contributed by atoms with Crippen LogP contribution in [0.4, 0.5) is 0 Å². The quantitative estimate of drug-likeness (QED) is 0.595. The van der Waals surface area contributed by atoms with Gasteiger partial charge in [-0.05, 0) is 38.5 Å². The maximum atomic E-state index is 12.6. The van der Waals surface area contributed by atoms with Crippen molar-refractivity contribution in [1.82, 2.24) is 4.90 Å². The molecule has 0 aliphatic carbocycles. The van der Waals surface area contributed by atoms with Gasteiger partial charge in [0.05, 0.1) is 23.8 Å². The lowest BCUT2D eigenvalue weighted by Crippen LogP contribution is -2.37. The van der Waals surface area contributed by atoms with Crippen molar-refractivity contribution in [2.45, 2.75) is 39.5 Å². The first-order valence-electron chi connectivity index (χ1n) is 9.27. The largest absolute Gasteiger partial charge is 0.493 e. The highest BCUT2D eigenvalue weighted by Gasteiger charge is 2.24. The van der Waals surface area contributed by atoms with E-state index >= 15 is 0 Å². The van der Waals surface area contributed by atoms with E-state index in [0.717, 1.165) is 5.56 Å². The van der Waals surface area contributed by atoms with Gasteiger partial charge in [-0.15, -0.1) is 0 Å². The van der Waals surface area contributed by atoms with Gasteiger partial charge in [-0.1, -0.05) is 41.9 Å². The van der Waals surface area contributed by atoms with Crippen molar-refractivity contribution in [2.75, 3.05) is 14.2 Å². The molecule has 0 spiro atoms. The number of nitrogens with zero attached hydrogens (tertiary/aromatic N) is 1. The molecule has 2 aromatic carbocycles. The summed E-state index contributed by atoms with van der Waals surface area (Å²) in [4.78, 5) is 26.6. The summed E-state index contributed by atoms with van der Waals surface area (Å²) >= 11 is 6.25. The Bertz CT molecular complexity index is 854. The van der Waals surface area contributed by atoms with Crippen LogP contribution < -0.4 is 9.47 Å². The van der Waals surface area contributed by atoms with Crippen LogP contribution in [-0.2, 0) is 16.1 Å². The van der Waals surface area contributed by atoms with Crippen LogP contribution in [0.5, 0.6) is 11.5 Å². The standard InChI is InChI=1S/C22H26ClNO5/c1-14(2)28-20-18(23)11-17(12-19(20)27-5)22(26)29-15(3)21(25)24(4)13-16-9-7-6-8-10-16/h6-12,14-15H,13H2,1-5H3/t15-/m1/s1. The SMILES string of the molecule is COc1cc(C(=O)O[C@H](C)C(=O)N(C)Cc2ccccc2)cc(Cl)c1OC(C)C. The monoisotopic (exact) mass is 419 g/mol. The summed E-state index contributed by atoms with van der Waals surface area (Å²) in [5, 5.41) is 0.227. The van der Waals surface area contributed by atoms with Gasteiger partial charge < -0.3 is 19.1 Å². The van der Waals surface area contributed by atoms with E-state index < -0.39 is 12.1 Å². The van der Waals surface area contributed by atoms with E-state index in [4.69, 9.17) is 25.8 Å². The molecule has 0 N–H and O–H groups in total. The fraction of sp³-hybridized carbons (Fsp3) is 0.364. The molecular weight excluding hydrogens is 394 g/mol. The first kappa shape index (κ1) is 22.6. The number of carbonyl (C=O) groups excluding carboxylic acids is 2. The number of benzene rings is 2. The van der Waals surface area contributed by atoms with E-state index in [9.17, 15) is 9.59 Å². The number of ether oxygens (including phenoxy) is 3. The first-order valence-corrected chi connectivity index (χ1v) is 9.64. The predicted octanol–water partition coefficient (Wildman–Crippen LogP) is 4.34. The molecule has 0 unspecified atom stereocenters. The van der Waals surface area contributed by atoms with Crippen molar-refractivity contribution in [3.63, 3.8) is 0 Å². The van der Waals surface area contributed by atoms with Gasteiger partial charge in [-0.2, -0.15) is 0 Å². The van der Waals surface area contributed by atoms with E-state index in [1.54, 1.807) is 7.05 Å². The van der Waals surface area contributed by atoms with E-state index in [-0.39, 0.29) is 22.6 Å². The number of halogens is 1. The van der Waals surface area contributed by atoms with Crippen LogP contribution in [0.25, 0.3) is 0 Å². The normalized spacial score (nSPS) is 11.7. The lowest BCUT2D eigenvalue weighted by Gasteiger charge is -2.22. The maximum Gasteiger partial charge on any atom is 0.339 e. The topological polar surface area (TPSA) is 65.1 Å². The summed E-state index contributed by atoms with van der Waals surface area (Å²) < 4.78 is 16.3. The second-order valence-corrected chi connectivity index (χ2v) is 7.29. The van der Waals surface area contributed by atoms with Crippen LogP contribution in [0, 0.1) is 0 Å². The number of hydrogen-bond donors (Lipinski definition) is 0. The molecule has 0 aliphatic rings. The van der Waals surface area contributed by atoms with Gasteiger partial charge in [0, 0.05) is 13.6 Å². The van der Waals surface area contributed by atoms with Gasteiger partial charge in [-0.3, -0.25) is 4.79 Å². The van der Waals surface area contributed by atoms with E-state index in [1.165, 1.54) is 31.1 Å². The van der Waals surface area contributed by atoms with Gasteiger partial charge in [-0.25, -0.2) is 4.79 Å². The minimum absolute atomic E-state index is 0.114. The third-order valence-electron chi connectivity index (χ3n) is 4.09. The first-order chi connectivity index (χ1) is 13.7. The maximum absolute atomic E-state index is 12.6. The Labute approximate surface area is 176 Å². The molecule has 0 radical (unpaired) electrons. The fourth-order valence-corrected chi connectivity index (χ4v) is 2.97. The number of esters is 1. The summed E-state index contributed by atoms with van der Waals surface area (Å²) in [6, 6.07) is 12.5. The van der Waals surface area contributed by atoms with Gasteiger partial charge >= 0.3 is 5.97 Å². The predicted molar refractivity (Wildman–Crippen MR) is 112 cm³/mol. The third-order valence-corrected chi connectivity index (χ3v) is 4.37. The Hall–Kier alpha value is -2.73. The van der Waals surface area contributed by atoms with Crippen molar-refractivity contribution < 1.29 is 23.8 Å². The Kier molecular flexibility index (Phi) is 7.91. The fourth-order valence-electron chi connectivity index (χ4n) is 2.71. The second kappa shape index (κ2) is 10.2. The number of amides is 1. The van der Waals surface area contributed by atoms with Crippen LogP contribution in [0.2, 0.25) is 5.02 Å². The van der Waals surface area contributed by atoms with Crippen molar-refractivity contribution in [1.29, 1.82) is 0 Å². The molecule has 0 saturated heterocycles. The van der Waals surface area contributed by atoms with Crippen molar-refractivity contribution in [3.8, 4) is 11.5 Å².